The average Bonchev–Trinajstić information content (AvgIpc) is 3.89. The molecular weight excluding hydrogens is 717 g/mol. The second-order valence-electron chi connectivity index (χ2n) is 15.0. The second-order valence-corrected chi connectivity index (χ2v) is 15.0. The van der Waals surface area contributed by atoms with Gasteiger partial charge in [0, 0.05) is 38.6 Å². The van der Waals surface area contributed by atoms with E-state index in [0.29, 0.717) is 17.0 Å². The molecule has 2 aromatic heterocycles. The Balaban J connectivity index is 1.07. The Morgan fingerprint density at radius 3 is 1.78 bits per heavy atom. The summed E-state index contributed by atoms with van der Waals surface area (Å²) in [6.45, 7) is 0. The fraction of sp³-hybridized carbons (Fsp3) is 0. The number of hydrogen-bond donors (Lipinski definition) is 0. The lowest BCUT2D eigenvalue weighted by Crippen LogP contribution is -2.11. The van der Waals surface area contributed by atoms with Crippen molar-refractivity contribution >= 4 is 82.4 Å². The zero-order valence-electron chi connectivity index (χ0n) is 35.8. The number of benzene rings is 10. The second kappa shape index (κ2) is 13.4. The van der Waals surface area contributed by atoms with Gasteiger partial charge in [0.05, 0.1) is 27.6 Å². The van der Waals surface area contributed by atoms with Crippen molar-refractivity contribution in [3.8, 4) is 27.9 Å². The van der Waals surface area contributed by atoms with Crippen LogP contribution in [0.3, 0.4) is 0 Å². The van der Waals surface area contributed by atoms with E-state index in [9.17, 15) is 5.48 Å². The molecule has 0 saturated heterocycles. The van der Waals surface area contributed by atoms with Crippen LogP contribution in [0.25, 0.3) is 93.2 Å². The molecule has 2 heterocycles. The molecule has 59 heavy (non-hydrogen) atoms. The molecule has 0 bridgehead atoms. The van der Waals surface area contributed by atoms with Crippen LogP contribution in [0.2, 0.25) is 0 Å². The highest BCUT2D eigenvalue weighted by atomic mass is 16.3. The van der Waals surface area contributed by atoms with Crippen LogP contribution in [0.1, 0.15) is 5.48 Å². The molecule has 3 heteroatoms. The van der Waals surface area contributed by atoms with Crippen molar-refractivity contribution in [2.45, 2.75) is 0 Å². The minimum absolute atomic E-state index is 0.0316. The summed E-state index contributed by atoms with van der Waals surface area (Å²) < 4.78 is 47.1. The zero-order valence-corrected chi connectivity index (χ0v) is 31.8. The van der Waals surface area contributed by atoms with Gasteiger partial charge in [0.15, 0.2) is 0 Å². The van der Waals surface area contributed by atoms with Crippen molar-refractivity contribution in [2.24, 2.45) is 0 Å². The van der Waals surface area contributed by atoms with Gasteiger partial charge in [-0.1, -0.05) is 158 Å². The molecule has 0 amide bonds. The van der Waals surface area contributed by atoms with Crippen molar-refractivity contribution in [2.75, 3.05) is 4.90 Å². The van der Waals surface area contributed by atoms with Crippen LogP contribution in [0, 0.1) is 0 Å². The fourth-order valence-corrected chi connectivity index (χ4v) is 8.94. The molecule has 0 unspecified atom stereocenters. The van der Waals surface area contributed by atoms with E-state index in [1.54, 1.807) is 0 Å². The monoisotopic (exact) mass is 756 g/mol. The van der Waals surface area contributed by atoms with Crippen LogP contribution in [-0.4, -0.2) is 4.57 Å². The highest BCUT2D eigenvalue weighted by Gasteiger charge is 2.22. The lowest BCUT2D eigenvalue weighted by Gasteiger charge is -2.27. The first-order valence-electron chi connectivity index (χ1n) is 21.9. The minimum atomic E-state index is -0.263. The Morgan fingerprint density at radius 2 is 1.03 bits per heavy atom. The van der Waals surface area contributed by atoms with Crippen molar-refractivity contribution in [1.29, 1.82) is 0 Å². The molecule has 0 N–H and O–H groups in total. The largest absolute Gasteiger partial charge is 0.455 e. The maximum Gasteiger partial charge on any atom is 0.143 e. The third kappa shape index (κ3) is 5.36. The van der Waals surface area contributed by atoms with Crippen molar-refractivity contribution < 1.29 is 9.90 Å². The molecule has 0 radical (unpaired) electrons. The minimum Gasteiger partial charge on any atom is -0.455 e. The summed E-state index contributed by atoms with van der Waals surface area (Å²) in [5.74, 6) is 0. The first kappa shape index (κ1) is 29.4. The molecule has 0 fully saturated rings. The van der Waals surface area contributed by atoms with E-state index >= 15 is 0 Å². The van der Waals surface area contributed by atoms with Crippen molar-refractivity contribution in [1.82, 2.24) is 4.57 Å². The van der Waals surface area contributed by atoms with Gasteiger partial charge in [-0.2, -0.15) is 0 Å². The summed E-state index contributed by atoms with van der Waals surface area (Å²) >= 11 is 0. The van der Waals surface area contributed by atoms with Gasteiger partial charge in [-0.3, -0.25) is 0 Å². The number of para-hydroxylation sites is 2. The maximum absolute atomic E-state index is 10.1. The Hall–Kier alpha value is -7.88. The highest BCUT2D eigenvalue weighted by molar-refractivity contribution is 6.19. The number of rotatable bonds is 6. The van der Waals surface area contributed by atoms with E-state index in [-0.39, 0.29) is 35.5 Å². The SMILES string of the molecule is [2H]c1c([2H])c(N(c2ccc(-c3ccc(-c4cccc5ccccc45)cc3)cc2)c2cccc3oc4c5ccccc5ccc4c23)c([2H])c(-n2c3ccccc3c3ccccc32)c1[2H]. The van der Waals surface area contributed by atoms with Gasteiger partial charge in [-0.15, -0.1) is 0 Å². The van der Waals surface area contributed by atoms with Gasteiger partial charge >= 0.3 is 0 Å². The number of anilines is 3. The Bertz CT molecular complexity index is 3740. The number of nitrogens with zero attached hydrogens (tertiary/aromatic N) is 2. The summed E-state index contributed by atoms with van der Waals surface area (Å²) in [6.07, 6.45) is 0. The van der Waals surface area contributed by atoms with Crippen LogP contribution >= 0.6 is 0 Å². The van der Waals surface area contributed by atoms with Gasteiger partial charge in [0.25, 0.3) is 0 Å². The van der Waals surface area contributed by atoms with Gasteiger partial charge in [-0.05, 0) is 99.0 Å². The molecule has 0 aliphatic heterocycles. The summed E-state index contributed by atoms with van der Waals surface area (Å²) in [5.41, 5.74) is 9.27. The molecule has 10 aromatic carbocycles. The van der Waals surface area contributed by atoms with E-state index in [1.165, 1.54) is 16.3 Å². The normalized spacial score (nSPS) is 12.7. The van der Waals surface area contributed by atoms with Gasteiger partial charge in [0.2, 0.25) is 0 Å². The molecule has 12 aromatic rings. The zero-order chi connectivity index (χ0) is 42.3. The number of hydrogen-bond acceptors (Lipinski definition) is 2. The molecule has 0 atom stereocenters. The number of aromatic nitrogens is 1. The van der Waals surface area contributed by atoms with E-state index in [4.69, 9.17) is 4.42 Å². The van der Waals surface area contributed by atoms with Crippen LogP contribution in [-0.2, 0) is 0 Å². The average molecular weight is 757 g/mol. The maximum atomic E-state index is 10.1. The van der Waals surface area contributed by atoms with Crippen LogP contribution in [0.4, 0.5) is 17.1 Å². The molecule has 0 spiro atoms. The molecule has 276 valence electrons. The third-order valence-electron chi connectivity index (χ3n) is 11.7. The lowest BCUT2D eigenvalue weighted by atomic mass is 9.96. The van der Waals surface area contributed by atoms with Crippen LogP contribution < -0.4 is 4.90 Å². The van der Waals surface area contributed by atoms with Gasteiger partial charge in [0.1, 0.15) is 11.2 Å². The quantitative estimate of drug-likeness (QED) is 0.168. The smallest absolute Gasteiger partial charge is 0.143 e. The third-order valence-corrected chi connectivity index (χ3v) is 11.7. The van der Waals surface area contributed by atoms with Gasteiger partial charge in [-0.25, -0.2) is 0 Å². The predicted octanol–water partition coefficient (Wildman–Crippen LogP) is 15.8. The first-order chi connectivity index (χ1) is 30.9. The Kier molecular flexibility index (Phi) is 6.65. The standard InChI is InChI=1S/C56H36N2O/c1-3-17-45-39(12-1)14-9-21-46(45)41-28-26-37(27-29-41)38-30-33-42(34-31-38)57(53-24-11-25-54-55(53)50-35-32-40-13-2-4-18-47(40)56(50)59-54)43-15-10-16-44(36-43)58-51-22-7-5-19-48(51)49-20-6-8-23-52(49)58/h1-36H/i10D,15D,16D,36D. The summed E-state index contributed by atoms with van der Waals surface area (Å²) in [4.78, 5) is 1.92. The topological polar surface area (TPSA) is 21.3 Å². The van der Waals surface area contributed by atoms with E-state index in [2.05, 4.69) is 103 Å². The summed E-state index contributed by atoms with van der Waals surface area (Å²) in [6, 6.07) is 65.1. The van der Waals surface area contributed by atoms with E-state index in [0.717, 1.165) is 65.6 Å². The van der Waals surface area contributed by atoms with E-state index in [1.807, 2.05) is 100 Å². The van der Waals surface area contributed by atoms with Crippen molar-refractivity contribution in [3.05, 3.63) is 218 Å². The van der Waals surface area contributed by atoms with Crippen molar-refractivity contribution in [3.63, 3.8) is 0 Å². The Morgan fingerprint density at radius 1 is 0.441 bits per heavy atom. The van der Waals surface area contributed by atoms with E-state index < -0.39 is 0 Å². The molecule has 0 aliphatic carbocycles. The molecule has 0 aliphatic rings. The number of furan rings is 1. The Labute approximate surface area is 346 Å². The highest BCUT2D eigenvalue weighted by Crippen LogP contribution is 2.45. The summed E-state index contributed by atoms with van der Waals surface area (Å²) in [5, 5.41) is 8.15. The summed E-state index contributed by atoms with van der Waals surface area (Å²) in [7, 11) is 0. The number of fused-ring (bicyclic) bond motifs is 9. The lowest BCUT2D eigenvalue weighted by molar-refractivity contribution is 0.672. The fourth-order valence-electron chi connectivity index (χ4n) is 8.94. The molecule has 0 saturated carbocycles. The molecule has 12 rings (SSSR count). The molecular formula is C56H36N2O. The van der Waals surface area contributed by atoms with Crippen LogP contribution in [0.5, 0.6) is 0 Å². The predicted molar refractivity (Wildman–Crippen MR) is 249 cm³/mol. The molecule has 3 nitrogen and oxygen atoms in total. The van der Waals surface area contributed by atoms with Gasteiger partial charge < -0.3 is 13.9 Å². The van der Waals surface area contributed by atoms with Crippen LogP contribution in [0.15, 0.2) is 223 Å². The first-order valence-corrected chi connectivity index (χ1v) is 19.9.